The van der Waals surface area contributed by atoms with Crippen molar-refractivity contribution in [1.29, 1.82) is 0 Å². The minimum Gasteiger partial charge on any atom is -0.475 e. The summed E-state index contributed by atoms with van der Waals surface area (Å²) < 4.78 is 63.5. The number of aliphatic carboxylic acids is 2. The molecule has 2 amide bonds. The number of carboxylic acids is 2. The first-order chi connectivity index (χ1) is 19.0. The van der Waals surface area contributed by atoms with E-state index in [4.69, 9.17) is 19.8 Å². The van der Waals surface area contributed by atoms with Gasteiger partial charge in [0.25, 0.3) is 0 Å². The first kappa shape index (κ1) is 32.9. The maximum Gasteiger partial charge on any atom is 0.490 e. The van der Waals surface area contributed by atoms with Crippen molar-refractivity contribution in [2.75, 3.05) is 31.1 Å². The number of hydrogen-bond donors (Lipinski definition) is 2. The van der Waals surface area contributed by atoms with Gasteiger partial charge in [-0.05, 0) is 30.2 Å². The largest absolute Gasteiger partial charge is 0.490 e. The maximum absolute atomic E-state index is 12.7. The number of halogens is 6. The van der Waals surface area contributed by atoms with Crippen LogP contribution in [0.1, 0.15) is 18.9 Å². The zero-order valence-electron chi connectivity index (χ0n) is 21.4. The van der Waals surface area contributed by atoms with E-state index in [0.717, 1.165) is 37.3 Å². The lowest BCUT2D eigenvalue weighted by Crippen LogP contribution is -2.66. The summed E-state index contributed by atoms with van der Waals surface area (Å²) in [7, 11) is 0. The van der Waals surface area contributed by atoms with Crippen LogP contribution in [0.5, 0.6) is 0 Å². The number of anilines is 1. The Morgan fingerprint density at radius 1 is 0.927 bits per heavy atom. The lowest BCUT2D eigenvalue weighted by atomic mass is 9.92. The third kappa shape index (κ3) is 9.40. The minimum absolute atomic E-state index is 0.0441. The Morgan fingerprint density at radius 3 is 1.90 bits per heavy atom. The van der Waals surface area contributed by atoms with E-state index in [1.165, 1.54) is 0 Å². The van der Waals surface area contributed by atoms with E-state index in [0.29, 0.717) is 6.54 Å². The molecule has 17 heteroatoms. The molecule has 4 heterocycles. The van der Waals surface area contributed by atoms with E-state index in [1.54, 1.807) is 35.3 Å². The number of rotatable bonds is 3. The lowest BCUT2D eigenvalue weighted by molar-refractivity contribution is -0.193. The number of aromatic nitrogens is 2. The van der Waals surface area contributed by atoms with Gasteiger partial charge in [0.15, 0.2) is 0 Å². The normalized spacial score (nSPS) is 19.1. The second-order valence-corrected chi connectivity index (χ2v) is 8.95. The molecule has 1 spiro atoms. The molecule has 11 nitrogen and oxygen atoms in total. The van der Waals surface area contributed by atoms with Gasteiger partial charge in [-0.1, -0.05) is 6.07 Å². The van der Waals surface area contributed by atoms with Crippen molar-refractivity contribution in [2.45, 2.75) is 37.8 Å². The first-order valence-electron chi connectivity index (χ1n) is 11.7. The SMILES string of the molecule is CC(=O)N1CC(=O)N(c2cccnc2)CC12CCN(Cc1cccnc1)C2.O=C(O)C(F)(F)F.O=C(O)C(F)(F)F. The number of carboxylic acid groups (broad SMARTS) is 2. The van der Waals surface area contributed by atoms with Crippen LogP contribution in [-0.4, -0.2) is 97.8 Å². The number of carbonyl (C=O) groups excluding carboxylic acids is 2. The van der Waals surface area contributed by atoms with Crippen LogP contribution >= 0.6 is 0 Å². The Balaban J connectivity index is 0.000000349. The average molecular weight is 593 g/mol. The summed E-state index contributed by atoms with van der Waals surface area (Å²) in [5.74, 6) is -5.62. The zero-order valence-corrected chi connectivity index (χ0v) is 21.4. The molecule has 0 bridgehead atoms. The number of amides is 2. The molecule has 0 radical (unpaired) electrons. The van der Waals surface area contributed by atoms with Crippen LogP contribution in [0.3, 0.4) is 0 Å². The molecule has 224 valence electrons. The Bertz CT molecular complexity index is 1190. The van der Waals surface area contributed by atoms with Gasteiger partial charge in [0.05, 0.1) is 24.0 Å². The average Bonchev–Trinajstić information content (AvgIpc) is 3.28. The predicted molar refractivity (Wildman–Crippen MR) is 128 cm³/mol. The van der Waals surface area contributed by atoms with E-state index in [9.17, 15) is 35.9 Å². The molecule has 0 aliphatic carbocycles. The number of pyridine rings is 2. The van der Waals surface area contributed by atoms with Crippen molar-refractivity contribution < 1.29 is 55.7 Å². The second-order valence-electron chi connectivity index (χ2n) is 8.95. The van der Waals surface area contributed by atoms with Gasteiger partial charge in [-0.2, -0.15) is 26.3 Å². The number of carbonyl (C=O) groups is 4. The van der Waals surface area contributed by atoms with Crippen molar-refractivity contribution >= 4 is 29.4 Å². The fraction of sp³-hybridized carbons (Fsp3) is 0.417. The molecule has 0 aromatic carbocycles. The van der Waals surface area contributed by atoms with E-state index < -0.39 is 24.3 Å². The van der Waals surface area contributed by atoms with Crippen LogP contribution in [0.2, 0.25) is 0 Å². The summed E-state index contributed by atoms with van der Waals surface area (Å²) in [6, 6.07) is 7.72. The minimum atomic E-state index is -5.08. The molecule has 1 unspecified atom stereocenters. The third-order valence-corrected chi connectivity index (χ3v) is 5.98. The predicted octanol–water partition coefficient (Wildman–Crippen LogP) is 2.58. The fourth-order valence-electron chi connectivity index (χ4n) is 4.22. The highest BCUT2D eigenvalue weighted by Gasteiger charge is 2.50. The summed E-state index contributed by atoms with van der Waals surface area (Å²) in [5.41, 5.74) is 1.58. The van der Waals surface area contributed by atoms with Gasteiger partial charge in [0.2, 0.25) is 11.8 Å². The first-order valence-corrected chi connectivity index (χ1v) is 11.7. The van der Waals surface area contributed by atoms with Crippen LogP contribution in [0.4, 0.5) is 32.0 Å². The highest BCUT2D eigenvalue weighted by molar-refractivity contribution is 5.98. The quantitative estimate of drug-likeness (QED) is 0.513. The molecule has 4 rings (SSSR count). The second kappa shape index (κ2) is 13.4. The summed E-state index contributed by atoms with van der Waals surface area (Å²) in [6.07, 6.45) is -2.28. The summed E-state index contributed by atoms with van der Waals surface area (Å²) >= 11 is 0. The van der Waals surface area contributed by atoms with Gasteiger partial charge in [0, 0.05) is 45.1 Å². The topological polar surface area (TPSA) is 144 Å². The molecule has 41 heavy (non-hydrogen) atoms. The fourth-order valence-corrected chi connectivity index (χ4v) is 4.22. The van der Waals surface area contributed by atoms with E-state index >= 15 is 0 Å². The van der Waals surface area contributed by atoms with Gasteiger partial charge in [-0.25, -0.2) is 9.59 Å². The van der Waals surface area contributed by atoms with Gasteiger partial charge >= 0.3 is 24.3 Å². The van der Waals surface area contributed by atoms with Crippen LogP contribution in [0.15, 0.2) is 49.1 Å². The number of nitrogens with zero attached hydrogens (tertiary/aromatic N) is 5. The third-order valence-electron chi connectivity index (χ3n) is 5.98. The Morgan fingerprint density at radius 2 is 1.46 bits per heavy atom. The highest BCUT2D eigenvalue weighted by atomic mass is 19.4. The molecular weight excluding hydrogens is 568 g/mol. The highest BCUT2D eigenvalue weighted by Crippen LogP contribution is 2.35. The number of alkyl halides is 6. The molecule has 2 fully saturated rings. The number of piperazine rings is 1. The Hall–Kier alpha value is -4.28. The van der Waals surface area contributed by atoms with Crippen molar-refractivity contribution in [3.8, 4) is 0 Å². The van der Waals surface area contributed by atoms with Crippen LogP contribution in [0.25, 0.3) is 0 Å². The van der Waals surface area contributed by atoms with Gasteiger partial charge in [-0.3, -0.25) is 24.5 Å². The molecule has 2 aliphatic rings. The van der Waals surface area contributed by atoms with Crippen molar-refractivity contribution in [3.63, 3.8) is 0 Å². The molecule has 2 aromatic rings. The Labute approximate surface area is 229 Å². The van der Waals surface area contributed by atoms with E-state index in [1.807, 2.05) is 24.4 Å². The van der Waals surface area contributed by atoms with E-state index in [2.05, 4.69) is 20.9 Å². The molecular formula is C24H25F6N5O6. The van der Waals surface area contributed by atoms with Crippen molar-refractivity contribution in [1.82, 2.24) is 19.8 Å². The zero-order chi connectivity index (χ0) is 31.0. The monoisotopic (exact) mass is 593 g/mol. The molecule has 1 atom stereocenters. The molecule has 0 saturated carbocycles. The van der Waals surface area contributed by atoms with Crippen molar-refractivity contribution in [3.05, 3.63) is 54.6 Å². The molecule has 2 N–H and O–H groups in total. The Kier molecular flexibility index (Phi) is 10.7. The lowest BCUT2D eigenvalue weighted by Gasteiger charge is -2.48. The summed E-state index contributed by atoms with van der Waals surface area (Å²) in [4.78, 5) is 57.0. The van der Waals surface area contributed by atoms with Gasteiger partial charge in [-0.15, -0.1) is 0 Å². The molecule has 2 aromatic heterocycles. The van der Waals surface area contributed by atoms with Crippen LogP contribution in [0, 0.1) is 0 Å². The number of hydrogen-bond acceptors (Lipinski definition) is 7. The van der Waals surface area contributed by atoms with Crippen LogP contribution < -0.4 is 4.90 Å². The summed E-state index contributed by atoms with van der Waals surface area (Å²) in [6.45, 7) is 4.59. The van der Waals surface area contributed by atoms with Crippen LogP contribution in [-0.2, 0) is 25.7 Å². The van der Waals surface area contributed by atoms with Crippen molar-refractivity contribution in [2.24, 2.45) is 0 Å². The molecule has 2 saturated heterocycles. The molecule has 2 aliphatic heterocycles. The van der Waals surface area contributed by atoms with E-state index in [-0.39, 0.29) is 23.9 Å². The maximum atomic E-state index is 12.7. The standard InChI is InChI=1S/C20H23N5O2.2C2HF3O2/c1-16(26)25-13-19(27)24(18-5-3-8-22-11-18)15-20(25)6-9-23(14-20)12-17-4-2-7-21-10-17;2*3-2(4,5)1(6)7/h2-5,7-8,10-11H,6,9,12-15H2,1H3;2*(H,6,7). The summed E-state index contributed by atoms with van der Waals surface area (Å²) in [5, 5.41) is 14.2. The smallest absolute Gasteiger partial charge is 0.475 e. The van der Waals surface area contributed by atoms with Gasteiger partial charge in [0.1, 0.15) is 6.54 Å². The number of likely N-dealkylation sites (tertiary alicyclic amines) is 1. The van der Waals surface area contributed by atoms with Gasteiger partial charge < -0.3 is 20.0 Å².